The smallest absolute Gasteiger partial charge is 0.287 e. The highest BCUT2D eigenvalue weighted by atomic mass is 19.1. The average Bonchev–Trinajstić information content (AvgIpc) is 2.79. The van der Waals surface area contributed by atoms with Crippen LogP contribution in [0.25, 0.3) is 11.0 Å². The zero-order valence-corrected chi connectivity index (χ0v) is 11.5. The Labute approximate surface area is 120 Å². The van der Waals surface area contributed by atoms with Crippen LogP contribution >= 0.6 is 0 Å². The second-order valence-electron chi connectivity index (χ2n) is 5.16. The normalized spacial score (nSPS) is 18.6. The lowest BCUT2D eigenvalue weighted by Crippen LogP contribution is -2.50. The van der Waals surface area contributed by atoms with Gasteiger partial charge in [0.1, 0.15) is 17.4 Å². The zero-order valence-electron chi connectivity index (χ0n) is 11.5. The van der Waals surface area contributed by atoms with E-state index in [-0.39, 0.29) is 17.5 Å². The van der Waals surface area contributed by atoms with Crippen molar-refractivity contribution in [3.8, 4) is 0 Å². The molecular weight excluding hydrogens is 275 g/mol. The number of piperidine rings is 1. The Morgan fingerprint density at radius 1 is 1.48 bits per heavy atom. The van der Waals surface area contributed by atoms with E-state index in [1.54, 1.807) is 6.92 Å². The molecule has 0 spiro atoms. The maximum absolute atomic E-state index is 13.3. The third kappa shape index (κ3) is 2.49. The third-order valence-electron chi connectivity index (χ3n) is 3.70. The van der Waals surface area contributed by atoms with Crippen LogP contribution in [-0.2, 0) is 4.79 Å². The van der Waals surface area contributed by atoms with E-state index < -0.39 is 11.9 Å². The molecule has 21 heavy (non-hydrogen) atoms. The predicted octanol–water partition coefficient (Wildman–Crippen LogP) is 1.89. The van der Waals surface area contributed by atoms with Gasteiger partial charge in [-0.05, 0) is 38.0 Å². The second-order valence-corrected chi connectivity index (χ2v) is 5.16. The van der Waals surface area contributed by atoms with Gasteiger partial charge in [0.05, 0.1) is 0 Å². The fourth-order valence-corrected chi connectivity index (χ4v) is 2.54. The van der Waals surface area contributed by atoms with Crippen molar-refractivity contribution in [2.45, 2.75) is 25.8 Å². The lowest BCUT2D eigenvalue weighted by atomic mass is 10.1. The molecule has 6 heteroatoms. The highest BCUT2D eigenvalue weighted by molar-refractivity contribution is 6.01. The van der Waals surface area contributed by atoms with Crippen LogP contribution in [0, 0.1) is 12.7 Å². The van der Waals surface area contributed by atoms with Gasteiger partial charge in [-0.2, -0.15) is 0 Å². The SMILES string of the molecule is Cc1c(C(=O)N[C@@H]2CCCNC2=O)oc2ccc(F)cc12. The van der Waals surface area contributed by atoms with E-state index >= 15 is 0 Å². The van der Waals surface area contributed by atoms with Crippen LogP contribution in [0.4, 0.5) is 4.39 Å². The molecule has 1 aliphatic rings. The van der Waals surface area contributed by atoms with E-state index in [1.165, 1.54) is 18.2 Å². The van der Waals surface area contributed by atoms with Crippen LogP contribution in [0.2, 0.25) is 0 Å². The first-order chi connectivity index (χ1) is 10.1. The van der Waals surface area contributed by atoms with Crippen LogP contribution in [-0.4, -0.2) is 24.4 Å². The number of hydrogen-bond donors (Lipinski definition) is 2. The van der Waals surface area contributed by atoms with Crippen LogP contribution < -0.4 is 10.6 Å². The van der Waals surface area contributed by atoms with Gasteiger partial charge in [0.25, 0.3) is 5.91 Å². The summed E-state index contributed by atoms with van der Waals surface area (Å²) in [7, 11) is 0. The first kappa shape index (κ1) is 13.6. The summed E-state index contributed by atoms with van der Waals surface area (Å²) in [4.78, 5) is 23.9. The minimum absolute atomic E-state index is 0.119. The molecule has 1 atom stereocenters. The van der Waals surface area contributed by atoms with Gasteiger partial charge in [-0.3, -0.25) is 9.59 Å². The Hall–Kier alpha value is -2.37. The summed E-state index contributed by atoms with van der Waals surface area (Å²) in [5, 5.41) is 5.93. The molecule has 1 saturated heterocycles. The molecule has 2 heterocycles. The number of nitrogens with one attached hydrogen (secondary N) is 2. The zero-order chi connectivity index (χ0) is 15.0. The molecule has 0 unspecified atom stereocenters. The van der Waals surface area contributed by atoms with Crippen LogP contribution in [0.15, 0.2) is 22.6 Å². The topological polar surface area (TPSA) is 71.3 Å². The van der Waals surface area contributed by atoms with Gasteiger partial charge >= 0.3 is 0 Å². The Morgan fingerprint density at radius 3 is 3.05 bits per heavy atom. The van der Waals surface area contributed by atoms with E-state index in [0.717, 1.165) is 6.42 Å². The minimum Gasteiger partial charge on any atom is -0.451 e. The number of aryl methyl sites for hydroxylation is 1. The standard InChI is InChI=1S/C15H15FN2O3/c1-8-10-7-9(16)4-5-12(10)21-13(8)15(20)18-11-3-2-6-17-14(11)19/h4-5,7,11H,2-3,6H2,1H3,(H,17,19)(H,18,20)/t11-/m1/s1. The van der Waals surface area contributed by atoms with Gasteiger partial charge in [-0.15, -0.1) is 0 Å². The minimum atomic E-state index is -0.546. The summed E-state index contributed by atoms with van der Waals surface area (Å²) in [6.45, 7) is 2.33. The van der Waals surface area contributed by atoms with Gasteiger partial charge < -0.3 is 15.1 Å². The summed E-state index contributed by atoms with van der Waals surface area (Å²) in [5.41, 5.74) is 1.02. The number of carbonyl (C=O) groups excluding carboxylic acids is 2. The monoisotopic (exact) mass is 290 g/mol. The number of benzene rings is 1. The van der Waals surface area contributed by atoms with Gasteiger partial charge in [-0.25, -0.2) is 4.39 Å². The summed E-state index contributed by atoms with van der Waals surface area (Å²) in [6.07, 6.45) is 1.42. The molecule has 1 fully saturated rings. The van der Waals surface area contributed by atoms with Crippen molar-refractivity contribution in [1.29, 1.82) is 0 Å². The van der Waals surface area contributed by atoms with Crippen molar-refractivity contribution in [2.75, 3.05) is 6.54 Å². The summed E-state index contributed by atoms with van der Waals surface area (Å²) in [6, 6.07) is 3.55. The van der Waals surface area contributed by atoms with Crippen molar-refractivity contribution in [1.82, 2.24) is 10.6 Å². The Morgan fingerprint density at radius 2 is 2.29 bits per heavy atom. The van der Waals surface area contributed by atoms with E-state index in [4.69, 9.17) is 4.42 Å². The molecule has 3 rings (SSSR count). The number of carbonyl (C=O) groups is 2. The molecule has 1 aromatic heterocycles. The lowest BCUT2D eigenvalue weighted by molar-refractivity contribution is -0.124. The van der Waals surface area contributed by atoms with Gasteiger partial charge in [0, 0.05) is 17.5 Å². The van der Waals surface area contributed by atoms with Gasteiger partial charge in [0.2, 0.25) is 5.91 Å². The summed E-state index contributed by atoms with van der Waals surface area (Å²) < 4.78 is 18.7. The van der Waals surface area contributed by atoms with Crippen molar-refractivity contribution < 1.29 is 18.4 Å². The second kappa shape index (κ2) is 5.20. The number of halogens is 1. The highest BCUT2D eigenvalue weighted by Gasteiger charge is 2.26. The van der Waals surface area contributed by atoms with Crippen molar-refractivity contribution in [2.24, 2.45) is 0 Å². The molecule has 0 bridgehead atoms. The Bertz CT molecular complexity index is 723. The fourth-order valence-electron chi connectivity index (χ4n) is 2.54. The Balaban J connectivity index is 1.87. The molecule has 2 amide bonds. The first-order valence-electron chi connectivity index (χ1n) is 6.83. The molecule has 110 valence electrons. The molecule has 0 saturated carbocycles. The quantitative estimate of drug-likeness (QED) is 0.887. The van der Waals surface area contributed by atoms with Crippen molar-refractivity contribution in [3.63, 3.8) is 0 Å². The van der Waals surface area contributed by atoms with Crippen LogP contribution in [0.5, 0.6) is 0 Å². The van der Waals surface area contributed by atoms with E-state index in [0.29, 0.717) is 29.5 Å². The molecule has 0 aliphatic carbocycles. The van der Waals surface area contributed by atoms with E-state index in [2.05, 4.69) is 10.6 Å². The molecular formula is C15H15FN2O3. The molecule has 5 nitrogen and oxygen atoms in total. The number of fused-ring (bicyclic) bond motifs is 1. The number of amides is 2. The Kier molecular flexibility index (Phi) is 3.37. The van der Waals surface area contributed by atoms with E-state index in [9.17, 15) is 14.0 Å². The fraction of sp³-hybridized carbons (Fsp3) is 0.333. The van der Waals surface area contributed by atoms with Crippen molar-refractivity contribution >= 4 is 22.8 Å². The molecule has 0 radical (unpaired) electrons. The number of hydrogen-bond acceptors (Lipinski definition) is 3. The van der Waals surface area contributed by atoms with E-state index in [1.807, 2.05) is 0 Å². The molecule has 1 aliphatic heterocycles. The van der Waals surface area contributed by atoms with Gasteiger partial charge in [0.15, 0.2) is 5.76 Å². The third-order valence-corrected chi connectivity index (χ3v) is 3.70. The number of rotatable bonds is 2. The van der Waals surface area contributed by atoms with Gasteiger partial charge in [-0.1, -0.05) is 0 Å². The largest absolute Gasteiger partial charge is 0.451 e. The van der Waals surface area contributed by atoms with Crippen molar-refractivity contribution in [3.05, 3.63) is 35.3 Å². The molecule has 1 aromatic carbocycles. The molecule has 2 N–H and O–H groups in total. The molecule has 2 aromatic rings. The van der Waals surface area contributed by atoms with Crippen LogP contribution in [0.3, 0.4) is 0 Å². The predicted molar refractivity (Wildman–Crippen MR) is 74.4 cm³/mol. The van der Waals surface area contributed by atoms with Crippen LogP contribution in [0.1, 0.15) is 29.0 Å². The number of furan rings is 1. The summed E-state index contributed by atoms with van der Waals surface area (Å²) >= 11 is 0. The maximum Gasteiger partial charge on any atom is 0.287 e. The highest BCUT2D eigenvalue weighted by Crippen LogP contribution is 2.26. The summed E-state index contributed by atoms with van der Waals surface area (Å²) in [5.74, 6) is -0.903. The lowest BCUT2D eigenvalue weighted by Gasteiger charge is -2.22. The average molecular weight is 290 g/mol. The maximum atomic E-state index is 13.3. The first-order valence-corrected chi connectivity index (χ1v) is 6.83.